The molecule has 24 heavy (non-hydrogen) atoms. The summed E-state index contributed by atoms with van der Waals surface area (Å²) in [5, 5.41) is 14.5. The van der Waals surface area contributed by atoms with Crippen molar-refractivity contribution < 1.29 is 4.63 Å². The van der Waals surface area contributed by atoms with E-state index in [-0.39, 0.29) is 5.82 Å². The first-order valence-electron chi connectivity index (χ1n) is 8.13. The van der Waals surface area contributed by atoms with E-state index in [2.05, 4.69) is 42.4 Å². The van der Waals surface area contributed by atoms with Crippen LogP contribution in [-0.2, 0) is 13.1 Å². The predicted octanol–water partition coefficient (Wildman–Crippen LogP) is 0.535. The summed E-state index contributed by atoms with van der Waals surface area (Å²) in [5.41, 5.74) is 9.28. The molecule has 126 valence electrons. The van der Waals surface area contributed by atoms with Crippen LogP contribution in [0, 0.1) is 0 Å². The van der Waals surface area contributed by atoms with Crippen LogP contribution in [-0.4, -0.2) is 44.0 Å². The molecule has 0 radical (unpaired) electrons. The molecule has 0 spiro atoms. The zero-order valence-electron chi connectivity index (χ0n) is 13.5. The molecule has 9 nitrogen and oxygen atoms in total. The van der Waals surface area contributed by atoms with E-state index in [1.807, 2.05) is 6.20 Å². The molecule has 4 N–H and O–H groups in total. The molecule has 3 aromatic rings. The second-order valence-corrected chi connectivity index (χ2v) is 5.91. The van der Waals surface area contributed by atoms with Crippen molar-refractivity contribution in [2.24, 2.45) is 0 Å². The van der Waals surface area contributed by atoms with Gasteiger partial charge in [-0.25, -0.2) is 9.61 Å². The van der Waals surface area contributed by atoms with Crippen molar-refractivity contribution in [1.29, 1.82) is 0 Å². The number of rotatable bonds is 5. The van der Waals surface area contributed by atoms with E-state index in [1.54, 1.807) is 6.20 Å². The van der Waals surface area contributed by atoms with Crippen LogP contribution in [0.1, 0.15) is 18.9 Å². The van der Waals surface area contributed by atoms with Crippen LogP contribution in [0.5, 0.6) is 0 Å². The number of anilines is 1. The van der Waals surface area contributed by atoms with Crippen molar-refractivity contribution in [2.75, 3.05) is 18.8 Å². The number of imidazole rings is 1. The number of nitrogens with two attached hydrogens (primary N) is 1. The quantitative estimate of drug-likeness (QED) is 0.620. The molecule has 0 aliphatic carbocycles. The average Bonchev–Trinajstić information content (AvgIpc) is 3.31. The molecule has 1 unspecified atom stereocenters. The molecule has 1 aliphatic heterocycles. The second kappa shape index (κ2) is 6.17. The topological polar surface area (TPSA) is 120 Å². The minimum Gasteiger partial charge on any atom is -0.379 e. The molecule has 1 saturated heterocycles. The molecule has 1 fully saturated rings. The summed E-state index contributed by atoms with van der Waals surface area (Å²) in [6, 6.07) is 0.494. The van der Waals surface area contributed by atoms with E-state index in [0.717, 1.165) is 49.2 Å². The van der Waals surface area contributed by atoms with Crippen molar-refractivity contribution >= 4 is 16.9 Å². The Balaban J connectivity index is 1.75. The minimum absolute atomic E-state index is 0.240. The SMILES string of the molecule is CCn1c(-c2nonc2N)nc2cncc(CNC3CCNC3)c21. The summed E-state index contributed by atoms with van der Waals surface area (Å²) in [6.45, 7) is 5.61. The Bertz CT molecular complexity index is 848. The van der Waals surface area contributed by atoms with E-state index < -0.39 is 0 Å². The number of hydrogen-bond acceptors (Lipinski definition) is 8. The fraction of sp³-hybridized carbons (Fsp3) is 0.467. The normalized spacial score (nSPS) is 17.8. The van der Waals surface area contributed by atoms with Gasteiger partial charge in [-0.3, -0.25) is 4.98 Å². The summed E-state index contributed by atoms with van der Waals surface area (Å²) in [6.07, 6.45) is 4.79. The zero-order chi connectivity index (χ0) is 16.5. The highest BCUT2D eigenvalue weighted by atomic mass is 16.6. The predicted molar refractivity (Wildman–Crippen MR) is 89.0 cm³/mol. The van der Waals surface area contributed by atoms with Gasteiger partial charge in [-0.1, -0.05) is 0 Å². The van der Waals surface area contributed by atoms with E-state index in [9.17, 15) is 0 Å². The lowest BCUT2D eigenvalue weighted by atomic mass is 10.2. The number of hydrogen-bond donors (Lipinski definition) is 3. The van der Waals surface area contributed by atoms with E-state index in [4.69, 9.17) is 10.4 Å². The third-order valence-corrected chi connectivity index (χ3v) is 4.41. The molecule has 0 aromatic carbocycles. The van der Waals surface area contributed by atoms with Gasteiger partial charge in [0.25, 0.3) is 0 Å². The fourth-order valence-corrected chi connectivity index (χ4v) is 3.21. The van der Waals surface area contributed by atoms with Crippen LogP contribution in [0.15, 0.2) is 17.0 Å². The number of aryl methyl sites for hydroxylation is 1. The fourth-order valence-electron chi connectivity index (χ4n) is 3.21. The van der Waals surface area contributed by atoms with Crippen molar-refractivity contribution in [3.8, 4) is 11.5 Å². The van der Waals surface area contributed by atoms with Crippen LogP contribution >= 0.6 is 0 Å². The highest BCUT2D eigenvalue weighted by Gasteiger charge is 2.21. The summed E-state index contributed by atoms with van der Waals surface area (Å²) >= 11 is 0. The zero-order valence-corrected chi connectivity index (χ0v) is 13.5. The Hall–Kier alpha value is -2.52. The highest BCUT2D eigenvalue weighted by molar-refractivity contribution is 5.83. The van der Waals surface area contributed by atoms with Gasteiger partial charge in [-0.05, 0) is 30.2 Å². The maximum absolute atomic E-state index is 5.84. The largest absolute Gasteiger partial charge is 0.379 e. The number of nitrogens with zero attached hydrogens (tertiary/aromatic N) is 5. The van der Waals surface area contributed by atoms with Crippen molar-refractivity contribution in [2.45, 2.75) is 32.5 Å². The molecule has 1 atom stereocenters. The van der Waals surface area contributed by atoms with Gasteiger partial charge in [0.05, 0.1) is 11.7 Å². The molecule has 0 saturated carbocycles. The molecule has 0 amide bonds. The molecular weight excluding hydrogens is 308 g/mol. The van der Waals surface area contributed by atoms with Crippen molar-refractivity contribution in [3.05, 3.63) is 18.0 Å². The molecule has 4 heterocycles. The number of aromatic nitrogens is 5. The van der Waals surface area contributed by atoms with Crippen LogP contribution in [0.4, 0.5) is 5.82 Å². The summed E-state index contributed by atoms with van der Waals surface area (Å²) in [4.78, 5) is 8.97. The number of pyridine rings is 1. The van der Waals surface area contributed by atoms with Crippen LogP contribution in [0.25, 0.3) is 22.6 Å². The van der Waals surface area contributed by atoms with Gasteiger partial charge in [-0.15, -0.1) is 0 Å². The number of nitrogens with one attached hydrogen (secondary N) is 2. The lowest BCUT2D eigenvalue weighted by molar-refractivity contribution is 0.310. The van der Waals surface area contributed by atoms with Crippen LogP contribution in [0.2, 0.25) is 0 Å². The molecular formula is C15H20N8O. The van der Waals surface area contributed by atoms with Gasteiger partial charge in [0.1, 0.15) is 5.52 Å². The summed E-state index contributed by atoms with van der Waals surface area (Å²) in [5.74, 6) is 0.896. The van der Waals surface area contributed by atoms with Gasteiger partial charge in [0, 0.05) is 37.4 Å². The Kier molecular flexibility index (Phi) is 3.87. The first kappa shape index (κ1) is 15.0. The van der Waals surface area contributed by atoms with Crippen molar-refractivity contribution in [1.82, 2.24) is 35.5 Å². The van der Waals surface area contributed by atoms with Gasteiger partial charge in [0.2, 0.25) is 0 Å². The Morgan fingerprint density at radius 3 is 3.04 bits per heavy atom. The number of nitrogen functional groups attached to an aromatic ring is 1. The molecule has 1 aliphatic rings. The highest BCUT2D eigenvalue weighted by Crippen LogP contribution is 2.28. The van der Waals surface area contributed by atoms with Gasteiger partial charge in [-0.2, -0.15) is 0 Å². The lowest BCUT2D eigenvalue weighted by Crippen LogP contribution is -2.30. The second-order valence-electron chi connectivity index (χ2n) is 5.91. The maximum atomic E-state index is 5.84. The molecule has 0 bridgehead atoms. The summed E-state index contributed by atoms with van der Waals surface area (Å²) in [7, 11) is 0. The van der Waals surface area contributed by atoms with Gasteiger partial charge in [0.15, 0.2) is 17.3 Å². The van der Waals surface area contributed by atoms with E-state index >= 15 is 0 Å². The van der Waals surface area contributed by atoms with Crippen LogP contribution in [0.3, 0.4) is 0 Å². The monoisotopic (exact) mass is 328 g/mol. The molecule has 3 aromatic heterocycles. The van der Waals surface area contributed by atoms with Crippen LogP contribution < -0.4 is 16.4 Å². The standard InChI is InChI=1S/C15H20N8O/c1-2-23-13-9(6-19-10-3-4-17-7-10)5-18-8-11(13)20-15(23)12-14(16)22-24-21-12/h5,8,10,17,19H,2-4,6-7H2,1H3,(H2,16,22). The first-order valence-corrected chi connectivity index (χ1v) is 8.13. The third-order valence-electron chi connectivity index (χ3n) is 4.41. The van der Waals surface area contributed by atoms with Crippen molar-refractivity contribution in [3.63, 3.8) is 0 Å². The average molecular weight is 328 g/mol. The third kappa shape index (κ3) is 2.51. The first-order chi connectivity index (χ1) is 11.8. The lowest BCUT2D eigenvalue weighted by Gasteiger charge is -2.13. The van der Waals surface area contributed by atoms with E-state index in [1.165, 1.54) is 0 Å². The number of fused-ring (bicyclic) bond motifs is 1. The molecule has 9 heteroatoms. The smallest absolute Gasteiger partial charge is 0.199 e. The van der Waals surface area contributed by atoms with Gasteiger partial charge < -0.3 is 20.9 Å². The van der Waals surface area contributed by atoms with Gasteiger partial charge >= 0.3 is 0 Å². The Morgan fingerprint density at radius 2 is 2.33 bits per heavy atom. The maximum Gasteiger partial charge on any atom is 0.199 e. The summed E-state index contributed by atoms with van der Waals surface area (Å²) < 4.78 is 6.81. The van der Waals surface area contributed by atoms with E-state index in [0.29, 0.717) is 17.6 Å². The minimum atomic E-state index is 0.240. The Morgan fingerprint density at radius 1 is 1.42 bits per heavy atom. The molecule has 4 rings (SSSR count). The Labute approximate surface area is 138 Å².